The lowest BCUT2D eigenvalue weighted by atomic mass is 9.88. The lowest BCUT2D eigenvalue weighted by molar-refractivity contribution is 0.0100. The molecule has 88 valence electrons. The highest BCUT2D eigenvalue weighted by Gasteiger charge is 2.29. The lowest BCUT2D eigenvalue weighted by Gasteiger charge is -2.32. The van der Waals surface area contributed by atoms with E-state index in [0.717, 1.165) is 37.4 Å². The summed E-state index contributed by atoms with van der Waals surface area (Å²) >= 11 is 0. The van der Waals surface area contributed by atoms with E-state index in [-0.39, 0.29) is 0 Å². The third-order valence-electron chi connectivity index (χ3n) is 3.08. The lowest BCUT2D eigenvalue weighted by Crippen LogP contribution is -2.43. The van der Waals surface area contributed by atoms with Crippen molar-refractivity contribution in [2.45, 2.75) is 24.9 Å². The van der Waals surface area contributed by atoms with Crippen LogP contribution < -0.4 is 10.1 Å². The third kappa shape index (κ3) is 2.71. The second-order valence-electron chi connectivity index (χ2n) is 4.34. The van der Waals surface area contributed by atoms with E-state index in [1.54, 1.807) is 13.3 Å². The van der Waals surface area contributed by atoms with E-state index >= 15 is 0 Å². The van der Waals surface area contributed by atoms with Gasteiger partial charge in [0.25, 0.3) is 0 Å². The first-order valence-corrected chi connectivity index (χ1v) is 5.64. The molecule has 1 aromatic rings. The Kier molecular flexibility index (Phi) is 3.41. The molecule has 0 bridgehead atoms. The van der Waals surface area contributed by atoms with Crippen LogP contribution in [0.25, 0.3) is 0 Å². The van der Waals surface area contributed by atoms with Crippen LogP contribution in [0.4, 0.5) is 0 Å². The van der Waals surface area contributed by atoms with Crippen molar-refractivity contribution in [3.63, 3.8) is 0 Å². The van der Waals surface area contributed by atoms with Gasteiger partial charge in [-0.3, -0.25) is 4.98 Å². The second kappa shape index (κ2) is 4.80. The summed E-state index contributed by atoms with van der Waals surface area (Å²) in [7, 11) is 1.62. The first kappa shape index (κ1) is 11.4. The van der Waals surface area contributed by atoms with Gasteiger partial charge in [0, 0.05) is 12.1 Å². The van der Waals surface area contributed by atoms with E-state index < -0.39 is 5.60 Å². The minimum Gasteiger partial charge on any atom is -0.495 e. The van der Waals surface area contributed by atoms with Crippen LogP contribution in [0.15, 0.2) is 18.3 Å². The summed E-state index contributed by atoms with van der Waals surface area (Å²) in [5, 5.41) is 13.6. The quantitative estimate of drug-likeness (QED) is 0.792. The maximum absolute atomic E-state index is 10.3. The number of aliphatic hydroxyl groups is 1. The molecule has 2 rings (SSSR count). The molecule has 0 aliphatic carbocycles. The molecule has 2 heterocycles. The van der Waals surface area contributed by atoms with Gasteiger partial charge in [-0.1, -0.05) is 0 Å². The molecule has 1 aromatic heterocycles. The summed E-state index contributed by atoms with van der Waals surface area (Å²) in [5.41, 5.74) is 0.331. The summed E-state index contributed by atoms with van der Waals surface area (Å²) in [5.74, 6) is 0.751. The second-order valence-corrected chi connectivity index (χ2v) is 4.34. The summed E-state index contributed by atoms with van der Waals surface area (Å²) < 4.78 is 5.05. The van der Waals surface area contributed by atoms with Gasteiger partial charge in [-0.2, -0.15) is 0 Å². The zero-order valence-corrected chi connectivity index (χ0v) is 9.57. The summed E-state index contributed by atoms with van der Waals surface area (Å²) in [4.78, 5) is 4.28. The predicted molar refractivity (Wildman–Crippen MR) is 61.5 cm³/mol. The number of aromatic nitrogens is 1. The van der Waals surface area contributed by atoms with Crippen molar-refractivity contribution in [3.8, 4) is 5.75 Å². The largest absolute Gasteiger partial charge is 0.495 e. The highest BCUT2D eigenvalue weighted by molar-refractivity contribution is 5.20. The minimum atomic E-state index is -0.590. The zero-order chi connectivity index (χ0) is 11.4. The number of methoxy groups -OCH3 is 1. The Bertz CT molecular complexity index is 331. The Morgan fingerprint density at radius 1 is 1.44 bits per heavy atom. The molecule has 0 aromatic carbocycles. The third-order valence-corrected chi connectivity index (χ3v) is 3.08. The number of ether oxygens (including phenoxy) is 1. The van der Waals surface area contributed by atoms with Crippen LogP contribution in [0.1, 0.15) is 18.5 Å². The van der Waals surface area contributed by atoms with Crippen LogP contribution in [-0.2, 0) is 6.42 Å². The van der Waals surface area contributed by atoms with E-state index in [0.29, 0.717) is 6.42 Å². The Morgan fingerprint density at radius 3 is 2.75 bits per heavy atom. The molecule has 1 saturated heterocycles. The fraction of sp³-hybridized carbons (Fsp3) is 0.583. The molecule has 1 aliphatic rings. The fourth-order valence-electron chi connectivity index (χ4n) is 2.04. The average molecular weight is 222 g/mol. The van der Waals surface area contributed by atoms with Crippen LogP contribution >= 0.6 is 0 Å². The molecule has 1 aliphatic heterocycles. The highest BCUT2D eigenvalue weighted by atomic mass is 16.5. The van der Waals surface area contributed by atoms with Crippen LogP contribution in [0, 0.1) is 0 Å². The Balaban J connectivity index is 2.01. The molecule has 0 radical (unpaired) electrons. The van der Waals surface area contributed by atoms with Crippen molar-refractivity contribution in [2.75, 3.05) is 20.2 Å². The van der Waals surface area contributed by atoms with Crippen LogP contribution in [-0.4, -0.2) is 35.9 Å². The van der Waals surface area contributed by atoms with Crippen molar-refractivity contribution < 1.29 is 9.84 Å². The summed E-state index contributed by atoms with van der Waals surface area (Å²) in [6.45, 7) is 1.76. The van der Waals surface area contributed by atoms with Gasteiger partial charge in [-0.15, -0.1) is 0 Å². The molecule has 4 nitrogen and oxygen atoms in total. The van der Waals surface area contributed by atoms with Crippen LogP contribution in [0.3, 0.4) is 0 Å². The number of nitrogens with one attached hydrogen (secondary N) is 1. The molecule has 4 heteroatoms. The molecule has 0 amide bonds. The maximum atomic E-state index is 10.3. The average Bonchev–Trinajstić information content (AvgIpc) is 2.30. The number of nitrogens with zero attached hydrogens (tertiary/aromatic N) is 1. The van der Waals surface area contributed by atoms with Gasteiger partial charge in [0.05, 0.1) is 18.9 Å². The minimum absolute atomic E-state index is 0.590. The molecule has 16 heavy (non-hydrogen) atoms. The van der Waals surface area contributed by atoms with Gasteiger partial charge in [0.2, 0.25) is 0 Å². The Labute approximate surface area is 95.7 Å². The molecule has 0 saturated carbocycles. The Morgan fingerprint density at radius 2 is 2.19 bits per heavy atom. The molecular weight excluding hydrogens is 204 g/mol. The van der Waals surface area contributed by atoms with Crippen molar-refractivity contribution >= 4 is 0 Å². The van der Waals surface area contributed by atoms with E-state index in [1.807, 2.05) is 12.1 Å². The highest BCUT2D eigenvalue weighted by Crippen LogP contribution is 2.23. The number of pyridine rings is 1. The van der Waals surface area contributed by atoms with E-state index in [9.17, 15) is 5.11 Å². The van der Waals surface area contributed by atoms with E-state index in [2.05, 4.69) is 10.3 Å². The van der Waals surface area contributed by atoms with Gasteiger partial charge < -0.3 is 15.2 Å². The standard InChI is InChI=1S/C12H18N2O2/c1-16-11-3-2-10(14-9-11)8-12(15)4-6-13-7-5-12/h2-3,9,13,15H,4-8H2,1H3. The van der Waals surface area contributed by atoms with Gasteiger partial charge in [0.1, 0.15) is 5.75 Å². The van der Waals surface area contributed by atoms with Gasteiger partial charge in [0.15, 0.2) is 0 Å². The van der Waals surface area contributed by atoms with Gasteiger partial charge >= 0.3 is 0 Å². The van der Waals surface area contributed by atoms with Crippen LogP contribution in [0.2, 0.25) is 0 Å². The SMILES string of the molecule is COc1ccc(CC2(O)CCNCC2)nc1. The van der Waals surface area contributed by atoms with Crippen molar-refractivity contribution in [3.05, 3.63) is 24.0 Å². The number of hydrogen-bond donors (Lipinski definition) is 2. The van der Waals surface area contributed by atoms with Crippen molar-refractivity contribution in [1.82, 2.24) is 10.3 Å². The first-order chi connectivity index (χ1) is 7.72. The van der Waals surface area contributed by atoms with Gasteiger partial charge in [-0.25, -0.2) is 0 Å². The number of piperidine rings is 1. The van der Waals surface area contributed by atoms with Crippen LogP contribution in [0.5, 0.6) is 5.75 Å². The summed E-state index contributed by atoms with van der Waals surface area (Å²) in [6, 6.07) is 3.80. The Hall–Kier alpha value is -1.13. The smallest absolute Gasteiger partial charge is 0.137 e. The predicted octanol–water partition coefficient (Wildman–Crippen LogP) is 0.747. The maximum Gasteiger partial charge on any atom is 0.137 e. The number of rotatable bonds is 3. The topological polar surface area (TPSA) is 54.4 Å². The molecule has 1 fully saturated rings. The molecular formula is C12H18N2O2. The normalized spacial score (nSPS) is 19.4. The van der Waals surface area contributed by atoms with Crippen molar-refractivity contribution in [2.24, 2.45) is 0 Å². The molecule has 2 N–H and O–H groups in total. The summed E-state index contributed by atoms with van der Waals surface area (Å²) in [6.07, 6.45) is 3.90. The van der Waals surface area contributed by atoms with Gasteiger partial charge in [-0.05, 0) is 38.1 Å². The zero-order valence-electron chi connectivity index (χ0n) is 9.57. The molecule has 0 unspecified atom stereocenters. The number of hydrogen-bond acceptors (Lipinski definition) is 4. The fourth-order valence-corrected chi connectivity index (χ4v) is 2.04. The monoisotopic (exact) mass is 222 g/mol. The van der Waals surface area contributed by atoms with E-state index in [4.69, 9.17) is 4.74 Å². The van der Waals surface area contributed by atoms with E-state index in [1.165, 1.54) is 0 Å². The molecule has 0 spiro atoms. The van der Waals surface area contributed by atoms with Crippen molar-refractivity contribution in [1.29, 1.82) is 0 Å². The first-order valence-electron chi connectivity index (χ1n) is 5.64. The molecule has 0 atom stereocenters.